The Hall–Kier alpha value is -2.89. The topological polar surface area (TPSA) is 94.5 Å². The molecule has 1 saturated heterocycles. The van der Waals surface area contributed by atoms with Crippen LogP contribution in [0.25, 0.3) is 6.08 Å². The third-order valence-electron chi connectivity index (χ3n) is 4.67. The molecule has 1 aromatic rings. The molecule has 3 rings (SSSR count). The van der Waals surface area contributed by atoms with Gasteiger partial charge >= 0.3 is 24.1 Å². The average molecular weight is 460 g/mol. The highest BCUT2D eigenvalue weighted by Gasteiger charge is 2.46. The van der Waals surface area contributed by atoms with Gasteiger partial charge in [-0.1, -0.05) is 5.16 Å². The molecule has 31 heavy (non-hydrogen) atoms. The molecule has 2 aliphatic rings. The maximum Gasteiger partial charge on any atom is 0.437 e. The molecule has 0 aromatic carbocycles. The lowest BCUT2D eigenvalue weighted by Gasteiger charge is -2.15. The summed E-state index contributed by atoms with van der Waals surface area (Å²) >= 11 is 1.10. The van der Waals surface area contributed by atoms with E-state index in [-0.39, 0.29) is 26.3 Å². The van der Waals surface area contributed by atoms with Crippen molar-refractivity contribution < 1.29 is 41.9 Å². The SMILES string of the molecule is CCOC(=O)[C@H]1CN(c2ccc(/C=C3\C(=O)ON=C3C(F)(F)F)s2)C[C@H]1C(=O)OCC. The Morgan fingerprint density at radius 1 is 1.19 bits per heavy atom. The van der Waals surface area contributed by atoms with E-state index < -0.39 is 47.2 Å². The van der Waals surface area contributed by atoms with Gasteiger partial charge in [0.15, 0.2) is 5.71 Å². The first-order valence-electron chi connectivity index (χ1n) is 9.42. The van der Waals surface area contributed by atoms with Crippen molar-refractivity contribution in [3.63, 3.8) is 0 Å². The summed E-state index contributed by atoms with van der Waals surface area (Å²) in [5, 5.41) is 3.42. The van der Waals surface area contributed by atoms with Crippen molar-refractivity contribution in [1.29, 1.82) is 0 Å². The Morgan fingerprint density at radius 3 is 2.29 bits per heavy atom. The molecule has 1 aromatic heterocycles. The number of nitrogens with zero attached hydrogens (tertiary/aromatic N) is 2. The Morgan fingerprint density at radius 2 is 1.77 bits per heavy atom. The number of alkyl halides is 3. The van der Waals surface area contributed by atoms with E-state index in [0.29, 0.717) is 9.88 Å². The minimum Gasteiger partial charge on any atom is -0.466 e. The van der Waals surface area contributed by atoms with E-state index in [0.717, 1.165) is 17.4 Å². The summed E-state index contributed by atoms with van der Waals surface area (Å²) in [6, 6.07) is 3.17. The molecule has 3 heterocycles. The highest BCUT2D eigenvalue weighted by Crippen LogP contribution is 2.36. The number of ether oxygens (including phenoxy) is 2. The number of anilines is 1. The maximum absolute atomic E-state index is 13.0. The van der Waals surface area contributed by atoms with E-state index in [1.807, 2.05) is 0 Å². The fourth-order valence-electron chi connectivity index (χ4n) is 3.31. The second-order valence-electron chi connectivity index (χ2n) is 6.67. The third kappa shape index (κ3) is 4.89. The summed E-state index contributed by atoms with van der Waals surface area (Å²) < 4.78 is 49.1. The van der Waals surface area contributed by atoms with E-state index in [1.165, 1.54) is 6.07 Å². The number of rotatable bonds is 6. The molecule has 0 radical (unpaired) electrons. The lowest BCUT2D eigenvalue weighted by Crippen LogP contribution is -2.31. The van der Waals surface area contributed by atoms with Crippen LogP contribution >= 0.6 is 11.3 Å². The largest absolute Gasteiger partial charge is 0.466 e. The smallest absolute Gasteiger partial charge is 0.437 e. The van der Waals surface area contributed by atoms with E-state index in [1.54, 1.807) is 24.8 Å². The molecule has 0 bridgehead atoms. The van der Waals surface area contributed by atoms with Gasteiger partial charge in [0.1, 0.15) is 0 Å². The summed E-state index contributed by atoms with van der Waals surface area (Å²) in [5.41, 5.74) is -2.07. The van der Waals surface area contributed by atoms with E-state index >= 15 is 0 Å². The van der Waals surface area contributed by atoms with Gasteiger partial charge < -0.3 is 19.2 Å². The predicted molar refractivity (Wildman–Crippen MR) is 104 cm³/mol. The summed E-state index contributed by atoms with van der Waals surface area (Å²) in [5.74, 6) is -3.66. The standard InChI is InChI=1S/C19H19F3N2O6S/c1-3-28-16(25)12-8-24(9-13(12)17(26)29-4-2)14-6-5-10(31-14)7-11-15(19(20,21)22)23-30-18(11)27/h5-7,12-13H,3-4,8-9H2,1-2H3/b11-7-/t12-,13+. The molecule has 168 valence electrons. The molecule has 2 aliphatic heterocycles. The van der Waals surface area contributed by atoms with Crippen LogP contribution in [-0.4, -0.2) is 56.1 Å². The van der Waals surface area contributed by atoms with Crippen LogP contribution in [0.1, 0.15) is 18.7 Å². The Labute approximate surface area is 179 Å². The monoisotopic (exact) mass is 460 g/mol. The molecule has 2 atom stereocenters. The van der Waals surface area contributed by atoms with Gasteiger partial charge in [0.25, 0.3) is 0 Å². The Bertz CT molecular complexity index is 913. The van der Waals surface area contributed by atoms with Gasteiger partial charge in [-0.15, -0.1) is 11.3 Å². The molecule has 12 heteroatoms. The number of carbonyl (C=O) groups is 3. The lowest BCUT2D eigenvalue weighted by molar-refractivity contribution is -0.157. The fraction of sp³-hybridized carbons (Fsp3) is 0.474. The Kier molecular flexibility index (Phi) is 6.68. The van der Waals surface area contributed by atoms with Crippen molar-refractivity contribution >= 4 is 46.0 Å². The van der Waals surface area contributed by atoms with Crippen LogP contribution < -0.4 is 4.90 Å². The predicted octanol–water partition coefficient (Wildman–Crippen LogP) is 2.79. The lowest BCUT2D eigenvalue weighted by atomic mass is 9.96. The van der Waals surface area contributed by atoms with Crippen LogP contribution in [0.3, 0.4) is 0 Å². The minimum absolute atomic E-state index is 0.167. The van der Waals surface area contributed by atoms with E-state index in [2.05, 4.69) is 9.99 Å². The maximum atomic E-state index is 13.0. The zero-order valence-electron chi connectivity index (χ0n) is 16.6. The first-order chi connectivity index (χ1) is 14.7. The van der Waals surface area contributed by atoms with Gasteiger partial charge in [0, 0.05) is 18.0 Å². The minimum atomic E-state index is -4.83. The van der Waals surface area contributed by atoms with Crippen molar-refractivity contribution in [3.8, 4) is 0 Å². The second-order valence-corrected chi connectivity index (χ2v) is 7.77. The molecule has 0 amide bonds. The second kappa shape index (κ2) is 9.08. The van der Waals surface area contributed by atoms with Crippen molar-refractivity contribution in [3.05, 3.63) is 22.6 Å². The quantitative estimate of drug-likeness (QED) is 0.366. The van der Waals surface area contributed by atoms with Crippen molar-refractivity contribution in [2.45, 2.75) is 20.0 Å². The normalized spacial score (nSPS) is 22.5. The number of halogens is 3. The molecule has 1 fully saturated rings. The summed E-state index contributed by atoms with van der Waals surface area (Å²) in [4.78, 5) is 42.5. The van der Waals surface area contributed by atoms with Crippen LogP contribution in [0.4, 0.5) is 18.2 Å². The Balaban J connectivity index is 1.82. The highest BCUT2D eigenvalue weighted by molar-refractivity contribution is 7.17. The molecule has 0 saturated carbocycles. The van der Waals surface area contributed by atoms with Crippen molar-refractivity contribution in [2.75, 3.05) is 31.2 Å². The van der Waals surface area contributed by atoms with Gasteiger partial charge in [-0.05, 0) is 32.1 Å². The molecular weight excluding hydrogens is 441 g/mol. The van der Waals surface area contributed by atoms with E-state index in [9.17, 15) is 27.6 Å². The van der Waals surface area contributed by atoms with Crippen molar-refractivity contribution in [2.24, 2.45) is 17.0 Å². The number of hydrogen-bond donors (Lipinski definition) is 0. The molecule has 0 spiro atoms. The van der Waals surface area contributed by atoms with Gasteiger partial charge in [0.05, 0.1) is 35.6 Å². The zero-order valence-corrected chi connectivity index (χ0v) is 17.4. The van der Waals surface area contributed by atoms with Gasteiger partial charge in [-0.25, -0.2) is 4.79 Å². The molecule has 8 nitrogen and oxygen atoms in total. The van der Waals surface area contributed by atoms with Gasteiger partial charge in [-0.3, -0.25) is 9.59 Å². The molecular formula is C19H19F3N2O6S. The molecule has 0 unspecified atom stereocenters. The average Bonchev–Trinajstić information content (AvgIpc) is 3.41. The summed E-state index contributed by atoms with van der Waals surface area (Å²) in [6.07, 6.45) is -3.77. The number of carbonyl (C=O) groups excluding carboxylic acids is 3. The number of oxime groups is 1. The fourth-order valence-corrected chi connectivity index (χ4v) is 4.27. The van der Waals surface area contributed by atoms with Crippen LogP contribution in [0.2, 0.25) is 0 Å². The number of thiophene rings is 1. The van der Waals surface area contributed by atoms with E-state index in [4.69, 9.17) is 9.47 Å². The third-order valence-corrected chi connectivity index (χ3v) is 5.77. The molecule has 0 N–H and O–H groups in total. The van der Waals surface area contributed by atoms with Crippen molar-refractivity contribution in [1.82, 2.24) is 0 Å². The number of esters is 2. The molecule has 0 aliphatic carbocycles. The van der Waals surface area contributed by atoms with Gasteiger partial charge in [-0.2, -0.15) is 13.2 Å². The van der Waals surface area contributed by atoms with Crippen LogP contribution in [0.5, 0.6) is 0 Å². The van der Waals surface area contributed by atoms with Crippen LogP contribution in [0, 0.1) is 11.8 Å². The first-order valence-corrected chi connectivity index (χ1v) is 10.2. The van der Waals surface area contributed by atoms with Crippen LogP contribution in [0.15, 0.2) is 22.9 Å². The zero-order chi connectivity index (χ0) is 22.8. The van der Waals surface area contributed by atoms with Gasteiger partial charge in [0.2, 0.25) is 0 Å². The summed E-state index contributed by atoms with van der Waals surface area (Å²) in [6.45, 7) is 4.04. The first kappa shape index (κ1) is 22.8. The van der Waals surface area contributed by atoms with Crippen LogP contribution in [-0.2, 0) is 28.7 Å². The highest BCUT2D eigenvalue weighted by atomic mass is 32.1. The number of hydrogen-bond acceptors (Lipinski definition) is 9. The summed E-state index contributed by atoms with van der Waals surface area (Å²) in [7, 11) is 0.